The van der Waals surface area contributed by atoms with E-state index in [0.29, 0.717) is 22.0 Å². The van der Waals surface area contributed by atoms with Gasteiger partial charge in [-0.2, -0.15) is 0 Å². The van der Waals surface area contributed by atoms with Gasteiger partial charge >= 0.3 is 0 Å². The van der Waals surface area contributed by atoms with Crippen molar-refractivity contribution in [1.82, 2.24) is 5.16 Å². The third-order valence-electron chi connectivity index (χ3n) is 3.72. The normalized spacial score (nSPS) is 11.2. The van der Waals surface area contributed by atoms with Crippen molar-refractivity contribution in [3.8, 4) is 0 Å². The van der Waals surface area contributed by atoms with Gasteiger partial charge in [0.05, 0.1) is 0 Å². The number of benzene rings is 2. The minimum atomic E-state index is -3.84. The summed E-state index contributed by atoms with van der Waals surface area (Å²) in [6.07, 6.45) is 0. The molecule has 0 spiro atoms. The highest BCUT2D eigenvalue weighted by molar-refractivity contribution is 7.92. The molecule has 9 heteroatoms. The molecule has 3 rings (SSSR count). The number of nitrogens with one attached hydrogen (secondary N) is 2. The molecule has 0 fully saturated rings. The lowest BCUT2D eigenvalue weighted by Crippen LogP contribution is -2.15. The van der Waals surface area contributed by atoms with Crippen LogP contribution in [0.3, 0.4) is 0 Å². The zero-order valence-electron chi connectivity index (χ0n) is 14.5. The second-order valence-corrected chi connectivity index (χ2v) is 7.86. The molecule has 0 atom stereocenters. The predicted octanol–water partition coefficient (Wildman–Crippen LogP) is 4.00. The summed E-state index contributed by atoms with van der Waals surface area (Å²) in [6.45, 7) is 3.08. The molecule has 0 aliphatic heterocycles. The Labute approximate surface area is 161 Å². The van der Waals surface area contributed by atoms with Gasteiger partial charge in [0, 0.05) is 22.0 Å². The van der Waals surface area contributed by atoms with Gasteiger partial charge in [0.15, 0.2) is 10.7 Å². The first-order valence-electron chi connectivity index (χ1n) is 7.89. The Morgan fingerprint density at radius 3 is 2.37 bits per heavy atom. The van der Waals surface area contributed by atoms with Crippen molar-refractivity contribution in [2.75, 3.05) is 10.0 Å². The van der Waals surface area contributed by atoms with Crippen LogP contribution >= 0.6 is 11.6 Å². The van der Waals surface area contributed by atoms with Crippen LogP contribution in [0.15, 0.2) is 57.9 Å². The largest absolute Gasteiger partial charge is 0.360 e. The van der Waals surface area contributed by atoms with Crippen molar-refractivity contribution < 1.29 is 17.7 Å². The Kier molecular flexibility index (Phi) is 5.20. The van der Waals surface area contributed by atoms with Gasteiger partial charge in [0.25, 0.3) is 15.9 Å². The molecule has 3 aromatic rings. The van der Waals surface area contributed by atoms with Crippen molar-refractivity contribution in [2.45, 2.75) is 18.7 Å². The number of hydrogen-bond acceptors (Lipinski definition) is 5. The fourth-order valence-electron chi connectivity index (χ4n) is 2.52. The lowest BCUT2D eigenvalue weighted by molar-refractivity contribution is 0.102. The molecular formula is C18H16ClN3O4S. The van der Waals surface area contributed by atoms with Crippen LogP contribution in [0.2, 0.25) is 5.02 Å². The van der Waals surface area contributed by atoms with E-state index < -0.39 is 10.0 Å². The summed E-state index contributed by atoms with van der Waals surface area (Å²) in [5, 5.41) is 6.88. The number of amides is 1. The molecule has 140 valence electrons. The van der Waals surface area contributed by atoms with Gasteiger partial charge in [-0.3, -0.25) is 9.52 Å². The van der Waals surface area contributed by atoms with E-state index in [-0.39, 0.29) is 22.3 Å². The van der Waals surface area contributed by atoms with E-state index in [1.54, 1.807) is 31.2 Å². The number of rotatable bonds is 5. The molecule has 1 heterocycles. The molecule has 2 N–H and O–H groups in total. The molecule has 27 heavy (non-hydrogen) atoms. The Bertz CT molecular complexity index is 1070. The van der Waals surface area contributed by atoms with Crippen LogP contribution < -0.4 is 10.0 Å². The maximum absolute atomic E-state index is 12.5. The number of carbonyl (C=O) groups excluding carboxylic acids is 1. The number of anilines is 2. The van der Waals surface area contributed by atoms with Crippen LogP contribution in [0.5, 0.6) is 0 Å². The van der Waals surface area contributed by atoms with Gasteiger partial charge in [0.2, 0.25) is 0 Å². The summed E-state index contributed by atoms with van der Waals surface area (Å²) in [7, 11) is -3.84. The lowest BCUT2D eigenvalue weighted by atomic mass is 10.2. The summed E-state index contributed by atoms with van der Waals surface area (Å²) in [5.74, 6) is -0.130. The average molecular weight is 406 g/mol. The fourth-order valence-corrected chi connectivity index (χ4v) is 4.10. The maximum Gasteiger partial charge on any atom is 0.267 e. The van der Waals surface area contributed by atoms with E-state index in [9.17, 15) is 13.2 Å². The molecule has 0 aliphatic rings. The summed E-state index contributed by atoms with van der Waals surface area (Å²) in [4.78, 5) is 12.3. The molecule has 0 unspecified atom stereocenters. The third-order valence-corrected chi connectivity index (χ3v) is 5.58. The standard InChI is InChI=1S/C18H16ClN3O4S/c1-11-17(12(2)26-21-11)27(24,25)22-15-8-6-13(7-9-15)18(23)20-16-5-3-4-14(19)10-16/h3-10,22H,1-2H3,(H,20,23). The number of aromatic nitrogens is 1. The Morgan fingerprint density at radius 2 is 1.78 bits per heavy atom. The van der Waals surface area contributed by atoms with E-state index in [0.717, 1.165) is 0 Å². The van der Waals surface area contributed by atoms with Gasteiger partial charge in [-0.25, -0.2) is 8.42 Å². The quantitative estimate of drug-likeness (QED) is 0.668. The van der Waals surface area contributed by atoms with Crippen molar-refractivity contribution in [3.05, 3.63) is 70.6 Å². The van der Waals surface area contributed by atoms with Crippen LogP contribution in [-0.2, 0) is 10.0 Å². The van der Waals surface area contributed by atoms with Gasteiger partial charge in [-0.15, -0.1) is 0 Å². The molecular weight excluding hydrogens is 390 g/mol. The number of carbonyl (C=O) groups is 1. The summed E-state index contributed by atoms with van der Waals surface area (Å²) >= 11 is 5.89. The highest BCUT2D eigenvalue weighted by atomic mass is 35.5. The molecule has 0 radical (unpaired) electrons. The topological polar surface area (TPSA) is 101 Å². The molecule has 7 nitrogen and oxygen atoms in total. The van der Waals surface area contributed by atoms with Crippen molar-refractivity contribution in [3.63, 3.8) is 0 Å². The van der Waals surface area contributed by atoms with Gasteiger partial charge in [0.1, 0.15) is 5.69 Å². The first-order chi connectivity index (χ1) is 12.8. The zero-order chi connectivity index (χ0) is 19.6. The number of hydrogen-bond donors (Lipinski definition) is 2. The maximum atomic E-state index is 12.5. The van der Waals surface area contributed by atoms with Crippen molar-refractivity contribution in [1.29, 1.82) is 0 Å². The first kappa shape index (κ1) is 18.9. The number of aryl methyl sites for hydroxylation is 2. The Balaban J connectivity index is 1.74. The van der Waals surface area contributed by atoms with Crippen molar-refractivity contribution >= 4 is 38.9 Å². The van der Waals surface area contributed by atoms with Gasteiger partial charge in [-0.05, 0) is 56.3 Å². The Hall–Kier alpha value is -2.84. The highest BCUT2D eigenvalue weighted by Crippen LogP contribution is 2.23. The molecule has 0 saturated heterocycles. The van der Waals surface area contributed by atoms with E-state index in [4.69, 9.17) is 16.1 Å². The third kappa shape index (κ3) is 4.29. The second-order valence-electron chi connectivity index (χ2n) is 5.80. The van der Waals surface area contributed by atoms with Crippen LogP contribution in [0.4, 0.5) is 11.4 Å². The SMILES string of the molecule is Cc1noc(C)c1S(=O)(=O)Nc1ccc(C(=O)Nc2cccc(Cl)c2)cc1. The van der Waals surface area contributed by atoms with E-state index in [2.05, 4.69) is 15.2 Å². The summed E-state index contributed by atoms with van der Waals surface area (Å²) in [5.41, 5.74) is 1.53. The van der Waals surface area contributed by atoms with Crippen LogP contribution in [-0.4, -0.2) is 19.5 Å². The minimum Gasteiger partial charge on any atom is -0.360 e. The molecule has 1 amide bonds. The monoisotopic (exact) mass is 405 g/mol. The molecule has 1 aromatic heterocycles. The molecule has 0 bridgehead atoms. The number of sulfonamides is 1. The van der Waals surface area contributed by atoms with E-state index >= 15 is 0 Å². The van der Waals surface area contributed by atoms with Crippen LogP contribution in [0, 0.1) is 13.8 Å². The molecule has 0 saturated carbocycles. The summed E-state index contributed by atoms with van der Waals surface area (Å²) in [6, 6.07) is 12.8. The second kappa shape index (κ2) is 7.42. The fraction of sp³-hybridized carbons (Fsp3) is 0.111. The van der Waals surface area contributed by atoms with E-state index in [1.807, 2.05) is 0 Å². The average Bonchev–Trinajstić information content (AvgIpc) is 2.94. The van der Waals surface area contributed by atoms with Gasteiger partial charge < -0.3 is 9.84 Å². The van der Waals surface area contributed by atoms with Crippen LogP contribution in [0.1, 0.15) is 21.8 Å². The zero-order valence-corrected chi connectivity index (χ0v) is 16.1. The molecule has 0 aliphatic carbocycles. The summed E-state index contributed by atoms with van der Waals surface area (Å²) < 4.78 is 32.3. The minimum absolute atomic E-state index is 0.00489. The Morgan fingerprint density at radius 1 is 1.07 bits per heavy atom. The lowest BCUT2D eigenvalue weighted by Gasteiger charge is -2.09. The smallest absolute Gasteiger partial charge is 0.267 e. The first-order valence-corrected chi connectivity index (χ1v) is 9.75. The number of halogens is 1. The van der Waals surface area contributed by atoms with Crippen LogP contribution in [0.25, 0.3) is 0 Å². The van der Waals surface area contributed by atoms with Gasteiger partial charge in [-0.1, -0.05) is 22.8 Å². The number of nitrogens with zero attached hydrogens (tertiary/aromatic N) is 1. The predicted molar refractivity (Wildman–Crippen MR) is 103 cm³/mol. The highest BCUT2D eigenvalue weighted by Gasteiger charge is 2.24. The molecule has 2 aromatic carbocycles. The van der Waals surface area contributed by atoms with E-state index in [1.165, 1.54) is 31.2 Å². The van der Waals surface area contributed by atoms with Crippen molar-refractivity contribution in [2.24, 2.45) is 0 Å².